The van der Waals surface area contributed by atoms with E-state index in [2.05, 4.69) is 0 Å². The quantitative estimate of drug-likeness (QED) is 0.437. The van der Waals surface area contributed by atoms with E-state index in [9.17, 15) is 19.3 Å². The minimum Gasteiger partial charge on any atom is -0.302 e. The lowest BCUT2D eigenvalue weighted by Crippen LogP contribution is -2.20. The molecule has 1 rings (SSSR count). The van der Waals surface area contributed by atoms with Crippen LogP contribution in [0.15, 0.2) is 18.2 Å². The number of hydrogen-bond donors (Lipinski definition) is 0. The number of nitro benzene ring substituents is 1. The molecule has 0 saturated heterocycles. The molecule has 0 saturated carbocycles. The molecular weight excluding hydrogens is 201 g/mol. The van der Waals surface area contributed by atoms with E-state index in [1.54, 1.807) is 13.8 Å². The Hall–Kier alpha value is -1.78. The van der Waals surface area contributed by atoms with Crippen LogP contribution in [0.4, 0.5) is 10.1 Å². The number of rotatable bonds is 3. The van der Waals surface area contributed by atoms with Crippen molar-refractivity contribution in [1.82, 2.24) is 0 Å². The molecule has 0 bridgehead atoms. The van der Waals surface area contributed by atoms with Gasteiger partial charge < -0.3 is 4.79 Å². The zero-order chi connectivity index (χ0) is 11.6. The van der Waals surface area contributed by atoms with Gasteiger partial charge in [-0.3, -0.25) is 10.1 Å². The highest BCUT2D eigenvalue weighted by atomic mass is 19.1. The third kappa shape index (κ3) is 2.18. The number of non-ortho nitro benzene ring substituents is 1. The molecule has 0 unspecified atom stereocenters. The van der Waals surface area contributed by atoms with Gasteiger partial charge >= 0.3 is 0 Å². The summed E-state index contributed by atoms with van der Waals surface area (Å²) in [4.78, 5) is 20.4. The van der Waals surface area contributed by atoms with Crippen molar-refractivity contribution < 1.29 is 14.1 Å². The summed E-state index contributed by atoms with van der Waals surface area (Å²) in [5.74, 6) is -0.735. The van der Waals surface area contributed by atoms with Crippen LogP contribution in [0.1, 0.15) is 19.4 Å². The number of carbonyl (C=O) groups is 1. The Labute approximate surface area is 85.9 Å². The normalized spacial score (nSPS) is 11.1. The molecule has 0 amide bonds. The summed E-state index contributed by atoms with van der Waals surface area (Å²) in [6.07, 6.45) is 0.608. The fraction of sp³-hybridized carbons (Fsp3) is 0.300. The lowest BCUT2D eigenvalue weighted by atomic mass is 9.86. The molecule has 0 aromatic heterocycles. The lowest BCUT2D eigenvalue weighted by molar-refractivity contribution is -0.385. The number of nitro groups is 1. The van der Waals surface area contributed by atoms with E-state index in [1.807, 2.05) is 0 Å². The van der Waals surface area contributed by atoms with E-state index < -0.39 is 16.2 Å². The minimum absolute atomic E-state index is 0.156. The van der Waals surface area contributed by atoms with Gasteiger partial charge in [0.25, 0.3) is 5.69 Å². The highest BCUT2D eigenvalue weighted by Gasteiger charge is 2.24. The Morgan fingerprint density at radius 1 is 1.47 bits per heavy atom. The van der Waals surface area contributed by atoms with Crippen LogP contribution in [0.2, 0.25) is 0 Å². The molecule has 0 spiro atoms. The minimum atomic E-state index is -0.973. The van der Waals surface area contributed by atoms with E-state index in [1.165, 1.54) is 12.1 Å². The van der Waals surface area contributed by atoms with Crippen molar-refractivity contribution >= 4 is 12.0 Å². The first-order valence-electron chi connectivity index (χ1n) is 4.29. The summed E-state index contributed by atoms with van der Waals surface area (Å²) < 4.78 is 13.4. The standard InChI is InChI=1S/C10H10FNO3/c1-10(2,6-13)8-4-3-7(12(14)15)5-9(8)11/h3-6H,1-2H3. The number of carbonyl (C=O) groups excluding carboxylic acids is 1. The molecule has 0 atom stereocenters. The summed E-state index contributed by atoms with van der Waals surface area (Å²) in [7, 11) is 0. The average molecular weight is 211 g/mol. The zero-order valence-corrected chi connectivity index (χ0v) is 8.36. The summed E-state index contributed by atoms with van der Waals surface area (Å²) >= 11 is 0. The van der Waals surface area contributed by atoms with Gasteiger partial charge in [0.15, 0.2) is 0 Å². The van der Waals surface area contributed by atoms with Crippen LogP contribution in [0, 0.1) is 15.9 Å². The molecule has 1 aromatic rings. The van der Waals surface area contributed by atoms with Crippen molar-refractivity contribution in [3.05, 3.63) is 39.7 Å². The van der Waals surface area contributed by atoms with Crippen LogP contribution in [-0.2, 0) is 10.2 Å². The molecule has 5 heteroatoms. The molecule has 0 aliphatic rings. The number of nitrogens with zero attached hydrogens (tertiary/aromatic N) is 1. The Balaban J connectivity index is 3.25. The molecule has 0 fully saturated rings. The van der Waals surface area contributed by atoms with Crippen molar-refractivity contribution in [2.24, 2.45) is 0 Å². The maximum Gasteiger partial charge on any atom is 0.272 e. The number of aldehydes is 1. The number of hydrogen-bond acceptors (Lipinski definition) is 3. The number of halogens is 1. The zero-order valence-electron chi connectivity index (χ0n) is 8.36. The third-order valence-corrected chi connectivity index (χ3v) is 2.15. The largest absolute Gasteiger partial charge is 0.302 e. The van der Waals surface area contributed by atoms with E-state index in [4.69, 9.17) is 0 Å². The van der Waals surface area contributed by atoms with Gasteiger partial charge in [-0.2, -0.15) is 0 Å². The van der Waals surface area contributed by atoms with Crippen molar-refractivity contribution in [2.45, 2.75) is 19.3 Å². The Kier molecular flexibility index (Phi) is 2.83. The van der Waals surface area contributed by atoms with Crippen molar-refractivity contribution in [3.63, 3.8) is 0 Å². The van der Waals surface area contributed by atoms with E-state index in [0.717, 1.165) is 6.07 Å². The summed E-state index contributed by atoms with van der Waals surface area (Å²) in [6, 6.07) is 3.27. The molecule has 15 heavy (non-hydrogen) atoms. The second kappa shape index (κ2) is 3.76. The predicted octanol–water partition coefficient (Wildman–Crippen LogP) is 2.21. The van der Waals surface area contributed by atoms with E-state index in [-0.39, 0.29) is 11.3 Å². The molecule has 80 valence electrons. The van der Waals surface area contributed by atoms with Gasteiger partial charge in [-0.25, -0.2) is 4.39 Å². The van der Waals surface area contributed by atoms with Gasteiger partial charge in [-0.15, -0.1) is 0 Å². The van der Waals surface area contributed by atoms with Gasteiger partial charge in [-0.1, -0.05) is 0 Å². The van der Waals surface area contributed by atoms with Crippen molar-refractivity contribution in [3.8, 4) is 0 Å². The van der Waals surface area contributed by atoms with E-state index >= 15 is 0 Å². The maximum atomic E-state index is 13.4. The first-order chi connectivity index (χ1) is 6.88. The van der Waals surface area contributed by atoms with Crippen molar-refractivity contribution in [2.75, 3.05) is 0 Å². The summed E-state index contributed by atoms with van der Waals surface area (Å²) in [5.41, 5.74) is -1.14. The first-order valence-corrected chi connectivity index (χ1v) is 4.29. The van der Waals surface area contributed by atoms with Crippen LogP contribution < -0.4 is 0 Å². The molecule has 0 aliphatic heterocycles. The first kappa shape index (κ1) is 11.3. The molecule has 0 aliphatic carbocycles. The lowest BCUT2D eigenvalue weighted by Gasteiger charge is -2.17. The van der Waals surface area contributed by atoms with Crippen LogP contribution in [0.25, 0.3) is 0 Å². The maximum absolute atomic E-state index is 13.4. The molecule has 1 aromatic carbocycles. The fourth-order valence-corrected chi connectivity index (χ4v) is 1.20. The molecular formula is C10H10FNO3. The fourth-order valence-electron chi connectivity index (χ4n) is 1.20. The Morgan fingerprint density at radius 2 is 2.07 bits per heavy atom. The van der Waals surface area contributed by atoms with Crippen LogP contribution >= 0.6 is 0 Å². The SMILES string of the molecule is CC(C)(C=O)c1ccc([N+](=O)[O-])cc1F. The van der Waals surface area contributed by atoms with Crippen molar-refractivity contribution in [1.29, 1.82) is 0 Å². The van der Waals surface area contributed by atoms with Gasteiger partial charge in [0.1, 0.15) is 12.1 Å². The smallest absolute Gasteiger partial charge is 0.272 e. The summed E-state index contributed by atoms with van der Waals surface area (Å²) in [6.45, 7) is 3.09. The second-order valence-corrected chi connectivity index (χ2v) is 3.76. The average Bonchev–Trinajstić information content (AvgIpc) is 2.17. The van der Waals surface area contributed by atoms with Gasteiger partial charge in [-0.05, 0) is 19.9 Å². The van der Waals surface area contributed by atoms with Gasteiger partial charge in [0.05, 0.1) is 11.0 Å². The van der Waals surface area contributed by atoms with Gasteiger partial charge in [0.2, 0.25) is 0 Å². The highest BCUT2D eigenvalue weighted by molar-refractivity contribution is 5.67. The second-order valence-electron chi connectivity index (χ2n) is 3.76. The topological polar surface area (TPSA) is 60.2 Å². The van der Waals surface area contributed by atoms with Crippen LogP contribution in [0.5, 0.6) is 0 Å². The number of benzene rings is 1. The van der Waals surface area contributed by atoms with Gasteiger partial charge in [0, 0.05) is 17.0 Å². The summed E-state index contributed by atoms with van der Waals surface area (Å²) in [5, 5.41) is 10.4. The highest BCUT2D eigenvalue weighted by Crippen LogP contribution is 2.26. The Morgan fingerprint density at radius 3 is 2.47 bits per heavy atom. The third-order valence-electron chi connectivity index (χ3n) is 2.15. The molecule has 4 nitrogen and oxygen atoms in total. The Bertz CT molecular complexity index is 415. The predicted molar refractivity (Wildman–Crippen MR) is 52.1 cm³/mol. The molecule has 0 heterocycles. The monoisotopic (exact) mass is 211 g/mol. The molecule has 0 N–H and O–H groups in total. The van der Waals surface area contributed by atoms with E-state index in [0.29, 0.717) is 6.29 Å². The van der Waals surface area contributed by atoms with Crippen LogP contribution in [0.3, 0.4) is 0 Å². The van der Waals surface area contributed by atoms with Crippen LogP contribution in [-0.4, -0.2) is 11.2 Å². The molecule has 0 radical (unpaired) electrons.